The quantitative estimate of drug-likeness (QED) is 0.340. The Bertz CT molecular complexity index is 1510. The number of methoxy groups -OCH3 is 1. The first kappa shape index (κ1) is 33.3. The van der Waals surface area contributed by atoms with Gasteiger partial charge in [-0.3, -0.25) is 19.5 Å². The minimum atomic E-state index is -3.27. The molecule has 0 spiro atoms. The molecule has 2 N–H and O–H groups in total. The number of ether oxygens (including phenoxy) is 2. The molecule has 0 amide bonds. The molecule has 3 aliphatic rings. The van der Waals surface area contributed by atoms with E-state index in [0.29, 0.717) is 10.6 Å². The monoisotopic (exact) mass is 671 g/mol. The van der Waals surface area contributed by atoms with Crippen molar-refractivity contribution in [2.75, 3.05) is 40.0 Å². The number of thiazole rings is 1. The van der Waals surface area contributed by atoms with Crippen LogP contribution in [0.3, 0.4) is 0 Å². The molecule has 0 bridgehead atoms. The van der Waals surface area contributed by atoms with Gasteiger partial charge in [-0.25, -0.2) is 22.9 Å². The average molecular weight is 672 g/mol. The number of aliphatic carboxylic acids is 1. The van der Waals surface area contributed by atoms with Crippen LogP contribution >= 0.6 is 22.9 Å². The van der Waals surface area contributed by atoms with E-state index in [4.69, 9.17) is 30.9 Å². The summed E-state index contributed by atoms with van der Waals surface area (Å²) in [5, 5.41) is 16.2. The van der Waals surface area contributed by atoms with E-state index in [-0.39, 0.29) is 48.4 Å². The van der Waals surface area contributed by atoms with E-state index in [1.54, 1.807) is 18.5 Å². The molecule has 244 valence electrons. The SMILES string of the molecule is CCOC(=O)C1=C(CN2CC(F)(F)[C@@H]3[C@H]2CON3C[C@@H](OC)C(C)(C)C(=O)O)NC(c2nccs2)=N[C@H]1c1ccc(F)cc1Cl. The molecular weight excluding hydrogens is 639 g/mol. The van der Waals surface area contributed by atoms with Crippen LogP contribution in [0.5, 0.6) is 0 Å². The zero-order valence-electron chi connectivity index (χ0n) is 24.9. The lowest BCUT2D eigenvalue weighted by Gasteiger charge is -2.34. The number of benzene rings is 1. The summed E-state index contributed by atoms with van der Waals surface area (Å²) in [5.74, 6) is -5.44. The topological polar surface area (TPSA) is 126 Å². The van der Waals surface area contributed by atoms with E-state index in [1.807, 2.05) is 0 Å². The molecule has 1 aromatic heterocycles. The molecule has 0 unspecified atom stereocenters. The van der Waals surface area contributed by atoms with E-state index in [1.165, 1.54) is 49.3 Å². The molecule has 45 heavy (non-hydrogen) atoms. The standard InChI is InChI=1S/C29H33ClF3N5O6S/c1-5-43-26(39)21-18(35-24(25-34-8-9-45-25)36-22(21)16-7-6-15(31)10-17(16)30)11-37-14-29(32,33)23-19(37)13-44-38(23)12-20(42-4)28(2,3)27(40)41/h6-10,19-20,22-23H,5,11-14H2,1-4H3,(H,35,36)(H,40,41)/t19-,20-,22+,23+/m1/s1. The third kappa shape index (κ3) is 6.46. The minimum absolute atomic E-state index is 0.0230. The van der Waals surface area contributed by atoms with Crippen LogP contribution in [0.25, 0.3) is 0 Å². The molecule has 2 saturated heterocycles. The molecule has 2 fully saturated rings. The van der Waals surface area contributed by atoms with Crippen LogP contribution in [0.2, 0.25) is 5.02 Å². The number of likely N-dealkylation sites (tertiary alicyclic amines) is 1. The summed E-state index contributed by atoms with van der Waals surface area (Å²) < 4.78 is 56.3. The lowest BCUT2D eigenvalue weighted by atomic mass is 9.86. The molecule has 3 aliphatic heterocycles. The van der Waals surface area contributed by atoms with E-state index in [9.17, 15) is 19.1 Å². The van der Waals surface area contributed by atoms with Crippen molar-refractivity contribution in [2.24, 2.45) is 10.4 Å². The minimum Gasteiger partial charge on any atom is -0.481 e. The summed E-state index contributed by atoms with van der Waals surface area (Å²) in [6.07, 6.45) is 0.624. The number of alkyl halides is 2. The highest BCUT2D eigenvalue weighted by atomic mass is 35.5. The summed E-state index contributed by atoms with van der Waals surface area (Å²) in [4.78, 5) is 41.6. The fourth-order valence-corrected chi connectivity index (χ4v) is 6.68. The van der Waals surface area contributed by atoms with Gasteiger partial charge < -0.3 is 19.9 Å². The van der Waals surface area contributed by atoms with E-state index in [0.717, 1.165) is 11.1 Å². The van der Waals surface area contributed by atoms with Gasteiger partial charge in [-0.1, -0.05) is 17.7 Å². The van der Waals surface area contributed by atoms with Crippen LogP contribution in [-0.2, 0) is 23.9 Å². The van der Waals surface area contributed by atoms with Gasteiger partial charge in [0.1, 0.15) is 17.9 Å². The molecule has 11 nitrogen and oxygen atoms in total. The van der Waals surface area contributed by atoms with Crippen molar-refractivity contribution in [1.29, 1.82) is 0 Å². The van der Waals surface area contributed by atoms with Crippen LogP contribution in [0.4, 0.5) is 13.2 Å². The average Bonchev–Trinajstić information content (AvgIpc) is 3.70. The molecule has 0 saturated carbocycles. The van der Waals surface area contributed by atoms with Crippen LogP contribution in [0.1, 0.15) is 37.4 Å². The largest absolute Gasteiger partial charge is 0.481 e. The number of amidine groups is 1. The Morgan fingerprint density at radius 3 is 2.73 bits per heavy atom. The predicted molar refractivity (Wildman–Crippen MR) is 159 cm³/mol. The number of carbonyl (C=O) groups excluding carboxylic acids is 1. The van der Waals surface area contributed by atoms with Crippen molar-refractivity contribution in [3.05, 3.63) is 62.5 Å². The van der Waals surface area contributed by atoms with Crippen molar-refractivity contribution < 1.29 is 42.2 Å². The highest BCUT2D eigenvalue weighted by Gasteiger charge is 2.61. The van der Waals surface area contributed by atoms with Gasteiger partial charge in [0, 0.05) is 41.5 Å². The van der Waals surface area contributed by atoms with E-state index in [2.05, 4.69) is 10.3 Å². The van der Waals surface area contributed by atoms with Crippen molar-refractivity contribution in [2.45, 2.75) is 50.9 Å². The summed E-state index contributed by atoms with van der Waals surface area (Å²) in [5.41, 5.74) is -0.774. The third-order valence-electron chi connectivity index (χ3n) is 8.26. The van der Waals surface area contributed by atoms with Gasteiger partial charge in [0.15, 0.2) is 10.8 Å². The number of esters is 1. The van der Waals surface area contributed by atoms with Gasteiger partial charge in [0.25, 0.3) is 5.92 Å². The van der Waals surface area contributed by atoms with Gasteiger partial charge in [0.05, 0.1) is 49.4 Å². The second-order valence-corrected chi connectivity index (χ2v) is 12.7. The summed E-state index contributed by atoms with van der Waals surface area (Å²) in [7, 11) is 1.32. The zero-order chi connectivity index (χ0) is 32.7. The molecule has 2 aromatic rings. The number of hydroxylamine groups is 2. The third-order valence-corrected chi connectivity index (χ3v) is 9.37. The second-order valence-electron chi connectivity index (χ2n) is 11.4. The van der Waals surface area contributed by atoms with Crippen LogP contribution in [-0.4, -0.2) is 102 Å². The van der Waals surface area contributed by atoms with Crippen LogP contribution in [0.15, 0.2) is 46.0 Å². The fraction of sp³-hybridized carbons (Fsp3) is 0.517. The van der Waals surface area contributed by atoms with Crippen molar-refractivity contribution in [3.8, 4) is 0 Å². The number of hydrogen-bond acceptors (Lipinski definition) is 11. The first-order valence-electron chi connectivity index (χ1n) is 14.2. The summed E-state index contributed by atoms with van der Waals surface area (Å²) in [6, 6.07) is 0.431. The number of aromatic nitrogens is 1. The molecule has 4 heterocycles. The Kier molecular flexibility index (Phi) is 9.59. The molecule has 4 atom stereocenters. The first-order valence-corrected chi connectivity index (χ1v) is 15.4. The maximum Gasteiger partial charge on any atom is 0.338 e. The fourth-order valence-electron chi connectivity index (χ4n) is 5.82. The lowest BCUT2D eigenvalue weighted by molar-refractivity contribution is -0.205. The van der Waals surface area contributed by atoms with Crippen molar-refractivity contribution in [1.82, 2.24) is 20.3 Å². The number of nitrogens with one attached hydrogen (secondary N) is 1. The van der Waals surface area contributed by atoms with Gasteiger partial charge in [-0.05, 0) is 32.9 Å². The number of carboxylic acid groups (broad SMARTS) is 1. The number of carboxylic acids is 1. The second kappa shape index (κ2) is 13.0. The molecule has 0 radical (unpaired) electrons. The number of rotatable bonds is 11. The lowest BCUT2D eigenvalue weighted by Crippen LogP contribution is -2.51. The first-order chi connectivity index (χ1) is 21.3. The number of fused-ring (bicyclic) bond motifs is 1. The zero-order valence-corrected chi connectivity index (χ0v) is 26.5. The normalized spacial score (nSPS) is 24.3. The molecular formula is C29H33ClF3N5O6S. The molecule has 16 heteroatoms. The number of carbonyl (C=O) groups is 2. The Morgan fingerprint density at radius 2 is 2.11 bits per heavy atom. The molecule has 0 aliphatic carbocycles. The number of nitrogens with zero attached hydrogens (tertiary/aromatic N) is 4. The highest BCUT2D eigenvalue weighted by Crippen LogP contribution is 2.43. The predicted octanol–water partition coefficient (Wildman–Crippen LogP) is 3.91. The Labute approximate surface area is 266 Å². The smallest absolute Gasteiger partial charge is 0.338 e. The van der Waals surface area contributed by atoms with E-state index >= 15 is 8.78 Å². The maximum absolute atomic E-state index is 15.7. The van der Waals surface area contributed by atoms with Gasteiger partial charge in [-0.2, -0.15) is 5.06 Å². The van der Waals surface area contributed by atoms with Gasteiger partial charge >= 0.3 is 11.9 Å². The van der Waals surface area contributed by atoms with Crippen LogP contribution < -0.4 is 5.32 Å². The van der Waals surface area contributed by atoms with Crippen molar-refractivity contribution >= 4 is 40.7 Å². The molecule has 5 rings (SSSR count). The number of hydrogen-bond donors (Lipinski definition) is 2. The number of halogens is 4. The van der Waals surface area contributed by atoms with Crippen molar-refractivity contribution in [3.63, 3.8) is 0 Å². The Hall–Kier alpha value is -3.08. The maximum atomic E-state index is 15.7. The molecule has 1 aromatic carbocycles. The Morgan fingerprint density at radius 1 is 1.36 bits per heavy atom. The van der Waals surface area contributed by atoms with E-state index < -0.39 is 59.9 Å². The Balaban J connectivity index is 1.51. The summed E-state index contributed by atoms with van der Waals surface area (Å²) >= 11 is 7.71. The van der Waals surface area contributed by atoms with Gasteiger partial charge in [0.2, 0.25) is 0 Å². The van der Waals surface area contributed by atoms with Gasteiger partial charge in [-0.15, -0.1) is 11.3 Å². The summed E-state index contributed by atoms with van der Waals surface area (Å²) in [6.45, 7) is 3.44. The number of aliphatic imine (C=N–C) groups is 1. The van der Waals surface area contributed by atoms with Crippen LogP contribution in [0, 0.1) is 11.2 Å². The highest BCUT2D eigenvalue weighted by molar-refractivity contribution is 7.11.